The van der Waals surface area contributed by atoms with E-state index in [9.17, 15) is 14.7 Å². The third-order valence-electron chi connectivity index (χ3n) is 7.81. The van der Waals surface area contributed by atoms with E-state index in [1.54, 1.807) is 6.92 Å². The number of halogens is 2. The lowest BCUT2D eigenvalue weighted by Gasteiger charge is -2.35. The lowest BCUT2D eigenvalue weighted by Crippen LogP contribution is -2.45. The molecule has 1 saturated carbocycles. The van der Waals surface area contributed by atoms with E-state index in [0.717, 1.165) is 49.4 Å². The van der Waals surface area contributed by atoms with Gasteiger partial charge in [-0.2, -0.15) is 0 Å². The van der Waals surface area contributed by atoms with E-state index in [0.29, 0.717) is 28.8 Å². The molecule has 204 valence electrons. The number of aliphatic hydroxyl groups excluding tert-OH is 1. The number of hydrogen-bond acceptors (Lipinski definition) is 4. The standard InChI is InChI=1S/C29H40Cl2N2O4/c1-18(34)26-23-15-20(30)12-13-24(23)33(27(26)31)17-21-11-8-14-32(21)28(36)22(19-9-6-5-7-10-19)16-25(35)37-29(2,3)4/h12-13,15,18-19,21-22,34H,5-11,14,16-17H2,1-4H3/t18?,21-,22-/m0/s1. The second-order valence-corrected chi connectivity index (χ2v) is 12.6. The Morgan fingerprint density at radius 3 is 2.46 bits per heavy atom. The van der Waals surface area contributed by atoms with Crippen molar-refractivity contribution in [2.75, 3.05) is 6.54 Å². The number of aliphatic hydroxyl groups is 1. The van der Waals surface area contributed by atoms with Gasteiger partial charge in [-0.1, -0.05) is 42.5 Å². The van der Waals surface area contributed by atoms with Gasteiger partial charge in [-0.15, -0.1) is 0 Å². The number of rotatable bonds is 7. The number of carbonyl (C=O) groups is 2. The van der Waals surface area contributed by atoms with Crippen LogP contribution in [0.1, 0.15) is 90.7 Å². The zero-order chi connectivity index (χ0) is 26.9. The maximum atomic E-state index is 14.1. The first-order valence-electron chi connectivity index (χ1n) is 13.6. The van der Waals surface area contributed by atoms with Gasteiger partial charge in [-0.3, -0.25) is 9.59 Å². The van der Waals surface area contributed by atoms with E-state index >= 15 is 0 Å². The van der Waals surface area contributed by atoms with E-state index in [1.165, 1.54) is 6.42 Å². The average molecular weight is 552 g/mol. The number of amides is 1. The van der Waals surface area contributed by atoms with Gasteiger partial charge in [0.2, 0.25) is 5.91 Å². The van der Waals surface area contributed by atoms with Crippen LogP contribution in [-0.2, 0) is 20.9 Å². The average Bonchev–Trinajstić information content (AvgIpc) is 3.38. The molecule has 2 heterocycles. The Hall–Kier alpha value is -1.76. The molecule has 6 nitrogen and oxygen atoms in total. The van der Waals surface area contributed by atoms with Crippen molar-refractivity contribution in [3.05, 3.63) is 33.9 Å². The Balaban J connectivity index is 1.60. The fourth-order valence-corrected chi connectivity index (χ4v) is 6.78. The molecule has 1 aromatic carbocycles. The zero-order valence-electron chi connectivity index (χ0n) is 22.4. The highest BCUT2D eigenvalue weighted by atomic mass is 35.5. The topological polar surface area (TPSA) is 71.8 Å². The Kier molecular flexibility index (Phi) is 8.82. The number of benzene rings is 1. The Morgan fingerprint density at radius 1 is 1.11 bits per heavy atom. The van der Waals surface area contributed by atoms with Crippen molar-refractivity contribution in [3.63, 3.8) is 0 Å². The molecule has 1 saturated heterocycles. The molecule has 2 fully saturated rings. The monoisotopic (exact) mass is 550 g/mol. The number of likely N-dealkylation sites (tertiary alicyclic amines) is 1. The highest BCUT2D eigenvalue weighted by molar-refractivity contribution is 6.33. The summed E-state index contributed by atoms with van der Waals surface area (Å²) in [7, 11) is 0. The summed E-state index contributed by atoms with van der Waals surface area (Å²) in [5.41, 5.74) is 0.964. The van der Waals surface area contributed by atoms with E-state index in [4.69, 9.17) is 27.9 Å². The molecule has 0 spiro atoms. The fraction of sp³-hybridized carbons (Fsp3) is 0.655. The molecule has 1 N–H and O–H groups in total. The number of hydrogen-bond donors (Lipinski definition) is 1. The minimum Gasteiger partial charge on any atom is -0.460 e. The molecule has 2 aliphatic rings. The zero-order valence-corrected chi connectivity index (χ0v) is 23.9. The lowest BCUT2D eigenvalue weighted by molar-refractivity contribution is -0.160. The van der Waals surface area contributed by atoms with Gasteiger partial charge in [0.1, 0.15) is 10.8 Å². The number of ether oxygens (including phenoxy) is 1. The van der Waals surface area contributed by atoms with Gasteiger partial charge in [0.15, 0.2) is 0 Å². The van der Waals surface area contributed by atoms with Gasteiger partial charge in [-0.25, -0.2) is 0 Å². The number of carbonyl (C=O) groups excluding carboxylic acids is 2. The van der Waals surface area contributed by atoms with E-state index in [1.807, 2.05) is 48.4 Å². The van der Waals surface area contributed by atoms with E-state index < -0.39 is 11.7 Å². The lowest BCUT2D eigenvalue weighted by atomic mass is 9.77. The summed E-state index contributed by atoms with van der Waals surface area (Å²) in [6, 6.07) is 5.53. The molecule has 8 heteroatoms. The number of nitrogens with zero attached hydrogens (tertiary/aromatic N) is 2. The van der Waals surface area contributed by atoms with Crippen LogP contribution in [0.25, 0.3) is 10.9 Å². The molecule has 4 rings (SSSR count). The summed E-state index contributed by atoms with van der Waals surface area (Å²) in [5.74, 6) is -0.397. The quantitative estimate of drug-likeness (QED) is 0.379. The molecular weight excluding hydrogens is 511 g/mol. The van der Waals surface area contributed by atoms with Gasteiger partial charge in [-0.05, 0) is 77.5 Å². The van der Waals surface area contributed by atoms with Crippen molar-refractivity contribution in [2.24, 2.45) is 11.8 Å². The molecular formula is C29H40Cl2N2O4. The van der Waals surface area contributed by atoms with Gasteiger partial charge in [0.25, 0.3) is 0 Å². The molecule has 2 aromatic rings. The summed E-state index contributed by atoms with van der Waals surface area (Å²) < 4.78 is 7.62. The number of esters is 1. The van der Waals surface area contributed by atoms with Crippen LogP contribution in [0.5, 0.6) is 0 Å². The first kappa shape index (κ1) is 28.3. The smallest absolute Gasteiger partial charge is 0.307 e. The fourth-order valence-electron chi connectivity index (χ4n) is 6.19. The number of fused-ring (bicyclic) bond motifs is 1. The third kappa shape index (κ3) is 6.46. The van der Waals surface area contributed by atoms with Gasteiger partial charge >= 0.3 is 5.97 Å². The molecule has 1 amide bonds. The highest BCUT2D eigenvalue weighted by Gasteiger charge is 2.39. The SMILES string of the molecule is CC(O)c1c(Cl)n(C[C@@H]2CCCN2C(=O)[C@@H](CC(=O)OC(C)(C)C)C2CCCCC2)c2ccc(Cl)cc12. The first-order chi connectivity index (χ1) is 17.5. The summed E-state index contributed by atoms with van der Waals surface area (Å²) in [4.78, 5) is 28.9. The van der Waals surface area contributed by atoms with Gasteiger partial charge in [0, 0.05) is 40.6 Å². The van der Waals surface area contributed by atoms with Crippen LogP contribution < -0.4 is 0 Å². The normalized spacial score (nSPS) is 20.8. The summed E-state index contributed by atoms with van der Waals surface area (Å²) in [6.45, 7) is 8.48. The van der Waals surface area contributed by atoms with Crippen molar-refractivity contribution >= 4 is 46.0 Å². The van der Waals surface area contributed by atoms with Crippen LogP contribution in [0.15, 0.2) is 18.2 Å². The predicted octanol–water partition coefficient (Wildman–Crippen LogP) is 6.92. The summed E-state index contributed by atoms with van der Waals surface area (Å²) >= 11 is 13.1. The first-order valence-corrected chi connectivity index (χ1v) is 14.4. The van der Waals surface area contributed by atoms with E-state index in [-0.39, 0.29) is 36.2 Å². The van der Waals surface area contributed by atoms with Crippen LogP contribution in [0.2, 0.25) is 10.2 Å². The molecule has 0 bridgehead atoms. The van der Waals surface area contributed by atoms with Crippen LogP contribution in [0.4, 0.5) is 0 Å². The van der Waals surface area contributed by atoms with Crippen LogP contribution in [-0.4, -0.2) is 44.6 Å². The summed E-state index contributed by atoms with van der Waals surface area (Å²) in [5, 5.41) is 12.3. The van der Waals surface area contributed by atoms with Crippen molar-refractivity contribution in [1.82, 2.24) is 9.47 Å². The van der Waals surface area contributed by atoms with Crippen LogP contribution in [0.3, 0.4) is 0 Å². The second-order valence-electron chi connectivity index (χ2n) is 11.8. The summed E-state index contributed by atoms with van der Waals surface area (Å²) in [6.07, 6.45) is 6.49. The van der Waals surface area contributed by atoms with Gasteiger partial charge in [0.05, 0.1) is 18.4 Å². The third-order valence-corrected chi connectivity index (χ3v) is 8.46. The van der Waals surface area contributed by atoms with Gasteiger partial charge < -0.3 is 19.3 Å². The maximum absolute atomic E-state index is 14.1. The molecule has 1 aliphatic carbocycles. The highest BCUT2D eigenvalue weighted by Crippen LogP contribution is 2.38. The van der Waals surface area contributed by atoms with Crippen molar-refractivity contribution < 1.29 is 19.4 Å². The van der Waals surface area contributed by atoms with Crippen molar-refractivity contribution in [3.8, 4) is 0 Å². The molecule has 37 heavy (non-hydrogen) atoms. The van der Waals surface area contributed by atoms with E-state index in [2.05, 4.69) is 0 Å². The Labute approximate surface area is 230 Å². The minimum absolute atomic E-state index is 0.0390. The molecule has 1 unspecified atom stereocenters. The Bertz CT molecular complexity index is 1130. The molecule has 1 aliphatic heterocycles. The van der Waals surface area contributed by atoms with Crippen LogP contribution >= 0.6 is 23.2 Å². The minimum atomic E-state index is -0.749. The second kappa shape index (κ2) is 11.5. The van der Waals surface area contributed by atoms with Crippen LogP contribution in [0, 0.1) is 11.8 Å². The Morgan fingerprint density at radius 2 is 1.81 bits per heavy atom. The molecule has 0 radical (unpaired) electrons. The molecule has 1 aromatic heterocycles. The number of aromatic nitrogens is 1. The maximum Gasteiger partial charge on any atom is 0.307 e. The van der Waals surface area contributed by atoms with Crippen molar-refractivity contribution in [1.29, 1.82) is 0 Å². The predicted molar refractivity (Wildman–Crippen MR) is 148 cm³/mol. The molecule has 3 atom stereocenters. The largest absolute Gasteiger partial charge is 0.460 e. The van der Waals surface area contributed by atoms with Crippen molar-refractivity contribution in [2.45, 2.75) is 103 Å².